The van der Waals surface area contributed by atoms with Crippen molar-refractivity contribution >= 4 is 0 Å². The van der Waals surface area contributed by atoms with Crippen molar-refractivity contribution in [3.63, 3.8) is 0 Å². The molecule has 0 saturated heterocycles. The minimum Gasteiger partial charge on any atom is -0.319 e. The van der Waals surface area contributed by atoms with Crippen LogP contribution in [-0.2, 0) is 12.7 Å². The average Bonchev–Trinajstić information content (AvgIpc) is 2.14. The molecule has 0 saturated carbocycles. The van der Waals surface area contributed by atoms with E-state index in [1.165, 1.54) is 12.1 Å². The summed E-state index contributed by atoms with van der Waals surface area (Å²) in [5.74, 6) is 0. The van der Waals surface area contributed by atoms with E-state index in [1.807, 2.05) is 0 Å². The summed E-state index contributed by atoms with van der Waals surface area (Å²) in [6, 6.07) is 4.67. The second-order valence-corrected chi connectivity index (χ2v) is 2.66. The molecule has 0 heterocycles. The summed E-state index contributed by atoms with van der Waals surface area (Å²) in [4.78, 5) is 0. The van der Waals surface area contributed by atoms with Gasteiger partial charge in [-0.25, -0.2) is 0 Å². The molecule has 0 amide bonds. The zero-order valence-corrected chi connectivity index (χ0v) is 7.10. The van der Waals surface area contributed by atoms with E-state index < -0.39 is 11.7 Å². The van der Waals surface area contributed by atoms with Gasteiger partial charge in [0, 0.05) is 6.54 Å². The predicted octanol–water partition coefficient (Wildman–Crippen LogP) is 2.28. The van der Waals surface area contributed by atoms with Crippen LogP contribution in [0.15, 0.2) is 24.3 Å². The summed E-state index contributed by atoms with van der Waals surface area (Å²) in [7, 11) is 0. The summed E-state index contributed by atoms with van der Waals surface area (Å²) in [6.07, 6.45) is -2.62. The lowest BCUT2D eigenvalue weighted by Gasteiger charge is -2.06. The Morgan fingerprint density at radius 2 is 1.79 bits per heavy atom. The highest BCUT2D eigenvalue weighted by atomic mass is 19.4. The van der Waals surface area contributed by atoms with Crippen molar-refractivity contribution in [2.45, 2.75) is 12.7 Å². The highest BCUT2D eigenvalue weighted by molar-refractivity contribution is 5.24. The third-order valence-electron chi connectivity index (χ3n) is 1.65. The zero-order valence-electron chi connectivity index (χ0n) is 7.10. The summed E-state index contributed by atoms with van der Waals surface area (Å²) in [6.45, 7) is 0.245. The van der Waals surface area contributed by atoms with Gasteiger partial charge in [-0.3, -0.25) is 0 Å². The summed E-state index contributed by atoms with van der Waals surface area (Å²) in [5, 5.41) is 10.5. The molecule has 0 bridgehead atoms. The van der Waals surface area contributed by atoms with Crippen LogP contribution >= 0.6 is 0 Å². The quantitative estimate of drug-likeness (QED) is 0.587. The van der Waals surface area contributed by atoms with Gasteiger partial charge in [0.25, 0.3) is 0 Å². The minimum atomic E-state index is -4.30. The van der Waals surface area contributed by atoms with Gasteiger partial charge >= 0.3 is 6.18 Å². The molecule has 0 aliphatic heterocycles. The Morgan fingerprint density at radius 1 is 1.21 bits per heavy atom. The van der Waals surface area contributed by atoms with Gasteiger partial charge < -0.3 is 5.32 Å². The molecule has 5 heteroatoms. The second kappa shape index (κ2) is 4.01. The third-order valence-corrected chi connectivity index (χ3v) is 1.65. The van der Waals surface area contributed by atoms with Gasteiger partial charge in [0.15, 0.2) is 6.19 Å². The molecular weight excluding hydrogens is 193 g/mol. The number of nitriles is 1. The van der Waals surface area contributed by atoms with Crippen molar-refractivity contribution < 1.29 is 13.2 Å². The van der Waals surface area contributed by atoms with Crippen molar-refractivity contribution in [2.75, 3.05) is 0 Å². The fourth-order valence-corrected chi connectivity index (χ4v) is 0.953. The molecule has 0 unspecified atom stereocenters. The Labute approximate surface area is 79.0 Å². The predicted molar refractivity (Wildman–Crippen MR) is 43.9 cm³/mol. The largest absolute Gasteiger partial charge is 0.416 e. The second-order valence-electron chi connectivity index (χ2n) is 2.66. The Morgan fingerprint density at radius 3 is 2.21 bits per heavy atom. The number of nitrogens with zero attached hydrogens (tertiary/aromatic N) is 1. The van der Waals surface area contributed by atoms with Crippen molar-refractivity contribution in [3.8, 4) is 6.19 Å². The van der Waals surface area contributed by atoms with E-state index >= 15 is 0 Å². The van der Waals surface area contributed by atoms with E-state index in [0.29, 0.717) is 5.56 Å². The van der Waals surface area contributed by atoms with Crippen LogP contribution < -0.4 is 5.32 Å². The molecule has 74 valence electrons. The van der Waals surface area contributed by atoms with E-state index in [1.54, 1.807) is 6.19 Å². The molecule has 1 aromatic rings. The lowest BCUT2D eigenvalue weighted by molar-refractivity contribution is -0.137. The SMILES string of the molecule is N#CNCc1ccc(C(F)(F)F)cc1. The number of nitrogens with one attached hydrogen (secondary N) is 1. The first-order valence-corrected chi connectivity index (χ1v) is 3.82. The van der Waals surface area contributed by atoms with Crippen molar-refractivity contribution in [1.29, 1.82) is 5.26 Å². The number of halogens is 3. The molecule has 2 nitrogen and oxygen atoms in total. The molecule has 0 spiro atoms. The van der Waals surface area contributed by atoms with E-state index in [9.17, 15) is 13.2 Å². The first kappa shape index (κ1) is 10.4. The molecular formula is C9H7F3N2. The average molecular weight is 200 g/mol. The van der Waals surface area contributed by atoms with Gasteiger partial charge in [0.1, 0.15) is 0 Å². The van der Waals surface area contributed by atoms with Crippen LogP contribution in [0.1, 0.15) is 11.1 Å². The van der Waals surface area contributed by atoms with Gasteiger partial charge in [-0.15, -0.1) is 0 Å². The third kappa shape index (κ3) is 2.66. The van der Waals surface area contributed by atoms with Crippen molar-refractivity contribution in [3.05, 3.63) is 35.4 Å². The van der Waals surface area contributed by atoms with Gasteiger partial charge in [-0.1, -0.05) is 12.1 Å². The molecule has 1 N–H and O–H groups in total. The maximum Gasteiger partial charge on any atom is 0.416 e. The van der Waals surface area contributed by atoms with E-state index in [4.69, 9.17) is 5.26 Å². The van der Waals surface area contributed by atoms with Crippen LogP contribution in [0.3, 0.4) is 0 Å². The first-order chi connectivity index (χ1) is 6.54. The minimum absolute atomic E-state index is 0.245. The molecule has 14 heavy (non-hydrogen) atoms. The summed E-state index contributed by atoms with van der Waals surface area (Å²) >= 11 is 0. The van der Waals surface area contributed by atoms with Gasteiger partial charge in [0.05, 0.1) is 5.56 Å². The molecule has 0 aliphatic rings. The first-order valence-electron chi connectivity index (χ1n) is 3.82. The van der Waals surface area contributed by atoms with Crippen LogP contribution in [0.2, 0.25) is 0 Å². The van der Waals surface area contributed by atoms with Crippen LogP contribution in [-0.4, -0.2) is 0 Å². The maximum absolute atomic E-state index is 12.1. The Hall–Kier alpha value is -1.70. The monoisotopic (exact) mass is 200 g/mol. The number of rotatable bonds is 2. The molecule has 0 atom stereocenters. The molecule has 0 aromatic heterocycles. The van der Waals surface area contributed by atoms with E-state index in [-0.39, 0.29) is 6.54 Å². The summed E-state index contributed by atoms with van der Waals surface area (Å²) < 4.78 is 36.3. The van der Waals surface area contributed by atoms with Crippen LogP contribution in [0, 0.1) is 11.5 Å². The lowest BCUT2D eigenvalue weighted by Crippen LogP contribution is -2.07. The van der Waals surface area contributed by atoms with Crippen LogP contribution in [0.25, 0.3) is 0 Å². The van der Waals surface area contributed by atoms with Crippen LogP contribution in [0.5, 0.6) is 0 Å². The Balaban J connectivity index is 2.75. The fourth-order valence-electron chi connectivity index (χ4n) is 0.953. The highest BCUT2D eigenvalue weighted by Crippen LogP contribution is 2.28. The van der Waals surface area contributed by atoms with Gasteiger partial charge in [-0.05, 0) is 17.7 Å². The van der Waals surface area contributed by atoms with Gasteiger partial charge in [-0.2, -0.15) is 18.4 Å². The van der Waals surface area contributed by atoms with E-state index in [2.05, 4.69) is 5.32 Å². The smallest absolute Gasteiger partial charge is 0.319 e. The van der Waals surface area contributed by atoms with Crippen molar-refractivity contribution in [1.82, 2.24) is 5.32 Å². The molecule has 0 fully saturated rings. The number of hydrogen-bond donors (Lipinski definition) is 1. The number of alkyl halides is 3. The number of benzene rings is 1. The highest BCUT2D eigenvalue weighted by Gasteiger charge is 2.29. The standard InChI is InChI=1S/C9H7F3N2/c10-9(11,12)8-3-1-7(2-4-8)5-14-6-13/h1-4,14H,5H2. The Kier molecular flexibility index (Phi) is 2.97. The molecule has 0 aliphatic carbocycles. The topological polar surface area (TPSA) is 35.8 Å². The number of hydrogen-bond acceptors (Lipinski definition) is 2. The maximum atomic E-state index is 12.1. The van der Waals surface area contributed by atoms with Gasteiger partial charge in [0.2, 0.25) is 0 Å². The lowest BCUT2D eigenvalue weighted by atomic mass is 10.1. The van der Waals surface area contributed by atoms with Crippen molar-refractivity contribution in [2.24, 2.45) is 0 Å². The Bertz CT molecular complexity index is 335. The normalized spacial score (nSPS) is 10.7. The molecule has 0 radical (unpaired) electrons. The fraction of sp³-hybridized carbons (Fsp3) is 0.222. The molecule has 1 rings (SSSR count). The van der Waals surface area contributed by atoms with E-state index in [0.717, 1.165) is 12.1 Å². The zero-order chi connectivity index (χ0) is 10.6. The summed E-state index contributed by atoms with van der Waals surface area (Å²) in [5.41, 5.74) is -0.0437. The molecule has 1 aromatic carbocycles. The van der Waals surface area contributed by atoms with Crippen LogP contribution in [0.4, 0.5) is 13.2 Å².